The average molecular weight is 255 g/mol. The summed E-state index contributed by atoms with van der Waals surface area (Å²) in [7, 11) is 0. The van der Waals surface area contributed by atoms with Crippen molar-refractivity contribution in [1.29, 1.82) is 0 Å². The van der Waals surface area contributed by atoms with E-state index in [1.807, 2.05) is 6.92 Å². The van der Waals surface area contributed by atoms with Gasteiger partial charge in [-0.25, -0.2) is 4.98 Å². The van der Waals surface area contributed by atoms with Crippen LogP contribution < -0.4 is 5.32 Å². The molecule has 0 spiro atoms. The van der Waals surface area contributed by atoms with Crippen LogP contribution in [0.25, 0.3) is 0 Å². The smallest absolute Gasteiger partial charge is 0.145 e. The molecule has 0 radical (unpaired) electrons. The van der Waals surface area contributed by atoms with E-state index in [-0.39, 0.29) is 0 Å². The first kappa shape index (κ1) is 13.5. The second-order valence-electron chi connectivity index (χ2n) is 4.87. The SMILES string of the molecule is CCCC(Cc1ccccc1)Nc1cncc(C)n1. The van der Waals surface area contributed by atoms with Gasteiger partial charge in [-0.2, -0.15) is 0 Å². The first-order chi connectivity index (χ1) is 9.28. The summed E-state index contributed by atoms with van der Waals surface area (Å²) in [5.41, 5.74) is 2.30. The van der Waals surface area contributed by atoms with Crippen LogP contribution in [0.2, 0.25) is 0 Å². The minimum atomic E-state index is 0.406. The molecule has 0 aliphatic heterocycles. The number of aromatic nitrogens is 2. The summed E-state index contributed by atoms with van der Waals surface area (Å²) in [5.74, 6) is 0.870. The highest BCUT2D eigenvalue weighted by molar-refractivity contribution is 5.33. The first-order valence-corrected chi connectivity index (χ1v) is 6.87. The molecule has 2 rings (SSSR count). The van der Waals surface area contributed by atoms with Gasteiger partial charge in [-0.15, -0.1) is 0 Å². The Kier molecular flexibility index (Phi) is 4.90. The third-order valence-corrected chi connectivity index (χ3v) is 3.07. The number of rotatable bonds is 6. The third kappa shape index (κ3) is 4.36. The lowest BCUT2D eigenvalue weighted by atomic mass is 10.0. The molecule has 1 N–H and O–H groups in total. The van der Waals surface area contributed by atoms with E-state index in [1.54, 1.807) is 12.4 Å². The van der Waals surface area contributed by atoms with Gasteiger partial charge in [0.2, 0.25) is 0 Å². The maximum atomic E-state index is 4.46. The first-order valence-electron chi connectivity index (χ1n) is 6.87. The lowest BCUT2D eigenvalue weighted by Crippen LogP contribution is -2.23. The molecular formula is C16H21N3. The highest BCUT2D eigenvalue weighted by Gasteiger charge is 2.09. The maximum absolute atomic E-state index is 4.46. The number of hydrogen-bond acceptors (Lipinski definition) is 3. The summed E-state index contributed by atoms with van der Waals surface area (Å²) in [4.78, 5) is 8.64. The van der Waals surface area contributed by atoms with Crippen molar-refractivity contribution in [3.63, 3.8) is 0 Å². The van der Waals surface area contributed by atoms with Crippen LogP contribution in [-0.2, 0) is 6.42 Å². The van der Waals surface area contributed by atoms with Gasteiger partial charge >= 0.3 is 0 Å². The number of nitrogens with one attached hydrogen (secondary N) is 1. The molecule has 1 unspecified atom stereocenters. The van der Waals surface area contributed by atoms with Crippen molar-refractivity contribution in [1.82, 2.24) is 9.97 Å². The maximum Gasteiger partial charge on any atom is 0.145 e. The van der Waals surface area contributed by atoms with Crippen molar-refractivity contribution in [2.24, 2.45) is 0 Å². The van der Waals surface area contributed by atoms with Gasteiger partial charge in [-0.3, -0.25) is 4.98 Å². The predicted octanol–water partition coefficient (Wildman–Crippen LogP) is 3.61. The monoisotopic (exact) mass is 255 g/mol. The van der Waals surface area contributed by atoms with E-state index in [9.17, 15) is 0 Å². The molecule has 0 amide bonds. The summed E-state index contributed by atoms with van der Waals surface area (Å²) in [6.45, 7) is 4.17. The zero-order valence-corrected chi connectivity index (χ0v) is 11.6. The van der Waals surface area contributed by atoms with E-state index in [4.69, 9.17) is 0 Å². The van der Waals surface area contributed by atoms with Crippen LogP contribution in [0.15, 0.2) is 42.7 Å². The summed E-state index contributed by atoms with van der Waals surface area (Å²) >= 11 is 0. The third-order valence-electron chi connectivity index (χ3n) is 3.07. The lowest BCUT2D eigenvalue weighted by Gasteiger charge is -2.18. The van der Waals surface area contributed by atoms with Crippen molar-refractivity contribution >= 4 is 5.82 Å². The molecule has 3 nitrogen and oxygen atoms in total. The van der Waals surface area contributed by atoms with E-state index in [1.165, 1.54) is 5.56 Å². The second-order valence-corrected chi connectivity index (χ2v) is 4.87. The molecule has 0 aliphatic carbocycles. The summed E-state index contributed by atoms with van der Waals surface area (Å²) in [6.07, 6.45) is 6.87. The zero-order valence-electron chi connectivity index (χ0n) is 11.6. The van der Waals surface area contributed by atoms with E-state index >= 15 is 0 Å². The van der Waals surface area contributed by atoms with Crippen LogP contribution >= 0.6 is 0 Å². The summed E-state index contributed by atoms with van der Waals surface area (Å²) in [5, 5.41) is 3.50. The van der Waals surface area contributed by atoms with E-state index < -0.39 is 0 Å². The minimum absolute atomic E-state index is 0.406. The Morgan fingerprint density at radius 1 is 1.16 bits per heavy atom. The quantitative estimate of drug-likeness (QED) is 0.857. The molecule has 3 heteroatoms. The van der Waals surface area contributed by atoms with Crippen molar-refractivity contribution < 1.29 is 0 Å². The van der Waals surface area contributed by atoms with Gasteiger partial charge in [0.15, 0.2) is 0 Å². The van der Waals surface area contributed by atoms with Crippen molar-refractivity contribution in [3.8, 4) is 0 Å². The van der Waals surface area contributed by atoms with Gasteiger partial charge in [0.1, 0.15) is 5.82 Å². The fraction of sp³-hybridized carbons (Fsp3) is 0.375. The average Bonchev–Trinajstić information content (AvgIpc) is 2.40. The molecule has 1 aromatic carbocycles. The van der Waals surface area contributed by atoms with Crippen molar-refractivity contribution in [2.45, 2.75) is 39.2 Å². The Balaban J connectivity index is 2.04. The highest BCUT2D eigenvalue weighted by Crippen LogP contribution is 2.12. The van der Waals surface area contributed by atoms with E-state index in [0.29, 0.717) is 6.04 Å². The van der Waals surface area contributed by atoms with Crippen molar-refractivity contribution in [2.75, 3.05) is 5.32 Å². The Hall–Kier alpha value is -1.90. The number of aryl methyl sites for hydroxylation is 1. The summed E-state index contributed by atoms with van der Waals surface area (Å²) in [6, 6.07) is 11.0. The molecular weight excluding hydrogens is 234 g/mol. The number of benzene rings is 1. The molecule has 0 fully saturated rings. The largest absolute Gasteiger partial charge is 0.366 e. The topological polar surface area (TPSA) is 37.8 Å². The molecule has 1 atom stereocenters. The molecule has 0 aliphatic rings. The van der Waals surface area contributed by atoms with Gasteiger partial charge in [-0.05, 0) is 25.3 Å². The number of nitrogens with zero attached hydrogens (tertiary/aromatic N) is 2. The van der Waals surface area contributed by atoms with Crippen LogP contribution in [0, 0.1) is 6.92 Å². The van der Waals surface area contributed by atoms with Gasteiger partial charge in [0.25, 0.3) is 0 Å². The van der Waals surface area contributed by atoms with Gasteiger partial charge < -0.3 is 5.32 Å². The lowest BCUT2D eigenvalue weighted by molar-refractivity contribution is 0.634. The van der Waals surface area contributed by atoms with E-state index in [2.05, 4.69) is 52.5 Å². The Bertz CT molecular complexity index is 496. The second kappa shape index (κ2) is 6.88. The van der Waals surface area contributed by atoms with Crippen LogP contribution in [0.3, 0.4) is 0 Å². The fourth-order valence-electron chi connectivity index (χ4n) is 2.21. The van der Waals surface area contributed by atoms with Crippen LogP contribution in [0.5, 0.6) is 0 Å². The number of anilines is 1. The van der Waals surface area contributed by atoms with Gasteiger partial charge in [0.05, 0.1) is 11.9 Å². The standard InChI is InChI=1S/C16H21N3/c1-3-7-15(10-14-8-5-4-6-9-14)19-16-12-17-11-13(2)18-16/h4-6,8-9,11-12,15H,3,7,10H2,1-2H3,(H,18,19). The fourth-order valence-corrected chi connectivity index (χ4v) is 2.21. The van der Waals surface area contributed by atoms with Crippen molar-refractivity contribution in [3.05, 3.63) is 54.0 Å². The van der Waals surface area contributed by atoms with Gasteiger partial charge in [-0.1, -0.05) is 43.7 Å². The highest BCUT2D eigenvalue weighted by atomic mass is 15.0. The Morgan fingerprint density at radius 2 is 1.95 bits per heavy atom. The van der Waals surface area contributed by atoms with Crippen LogP contribution in [-0.4, -0.2) is 16.0 Å². The molecule has 0 saturated carbocycles. The zero-order chi connectivity index (χ0) is 13.5. The molecule has 2 aromatic rings. The molecule has 0 saturated heterocycles. The molecule has 100 valence electrons. The van der Waals surface area contributed by atoms with Crippen LogP contribution in [0.1, 0.15) is 31.0 Å². The molecule has 19 heavy (non-hydrogen) atoms. The normalized spacial score (nSPS) is 12.1. The molecule has 1 aromatic heterocycles. The minimum Gasteiger partial charge on any atom is -0.366 e. The van der Waals surface area contributed by atoms with Crippen LogP contribution in [0.4, 0.5) is 5.82 Å². The molecule has 1 heterocycles. The molecule has 0 bridgehead atoms. The number of hydrogen-bond donors (Lipinski definition) is 1. The Morgan fingerprint density at radius 3 is 2.63 bits per heavy atom. The Labute approximate surface area is 115 Å². The van der Waals surface area contributed by atoms with E-state index in [0.717, 1.165) is 30.8 Å². The predicted molar refractivity (Wildman–Crippen MR) is 79.2 cm³/mol. The summed E-state index contributed by atoms with van der Waals surface area (Å²) < 4.78 is 0. The van der Waals surface area contributed by atoms with Gasteiger partial charge in [0, 0.05) is 12.2 Å².